The van der Waals surface area contributed by atoms with E-state index in [-0.39, 0.29) is 24.9 Å². The molecule has 0 unspecified atom stereocenters. The highest BCUT2D eigenvalue weighted by Crippen LogP contribution is 2.37. The van der Waals surface area contributed by atoms with Crippen molar-refractivity contribution in [2.24, 2.45) is 4.99 Å². The third-order valence-electron chi connectivity index (χ3n) is 8.22. The summed E-state index contributed by atoms with van der Waals surface area (Å²) in [6, 6.07) is 20.1. The van der Waals surface area contributed by atoms with Crippen molar-refractivity contribution in [1.82, 2.24) is 10.2 Å². The summed E-state index contributed by atoms with van der Waals surface area (Å²) in [6.45, 7) is 19.0. The minimum absolute atomic E-state index is 0.123. The molecule has 3 aromatic rings. The molecule has 0 saturated carbocycles. The van der Waals surface area contributed by atoms with Crippen molar-refractivity contribution in [2.75, 3.05) is 23.3 Å². The number of imide groups is 1. The second-order valence-corrected chi connectivity index (χ2v) is 15.0. The van der Waals surface area contributed by atoms with Crippen LogP contribution in [0.5, 0.6) is 0 Å². The Morgan fingerprint density at radius 2 is 1.45 bits per heavy atom. The molecule has 0 fully saturated rings. The van der Waals surface area contributed by atoms with E-state index in [1.807, 2.05) is 62.4 Å². The molecule has 0 radical (unpaired) electrons. The third-order valence-corrected chi connectivity index (χ3v) is 8.22. The number of alkyl carbamates (subject to hydrolysis) is 1. The van der Waals surface area contributed by atoms with Gasteiger partial charge in [0.25, 0.3) is 11.8 Å². The van der Waals surface area contributed by atoms with E-state index in [9.17, 15) is 19.2 Å². The molecular weight excluding hydrogens is 670 g/mol. The lowest BCUT2D eigenvalue weighted by molar-refractivity contribution is 0.0541. The molecule has 0 atom stereocenters. The molecule has 1 aliphatic heterocycles. The van der Waals surface area contributed by atoms with Crippen LogP contribution in [0.15, 0.2) is 107 Å². The first-order valence-corrected chi connectivity index (χ1v) is 17.5. The average Bonchev–Trinajstić information content (AvgIpc) is 3.30. The fourth-order valence-corrected chi connectivity index (χ4v) is 5.82. The fraction of sp³-hybridized carbons (Fsp3) is 0.310. The monoisotopic (exact) mass is 717 g/mol. The SMILES string of the molecule is C=C1C=C(NC(=O)OC(C)(C)C)C(C)=C/C1=N/c1cc(C)c(N(CCCN2C(=O)c3ccccc3C2=O)C(=O)OC(C)(C)C)cc1Nc1ccccc1. The summed E-state index contributed by atoms with van der Waals surface area (Å²) in [7, 11) is 0. The molecule has 4 amide bonds. The number of ether oxygens (including phenoxy) is 2. The zero-order chi connectivity index (χ0) is 38.7. The number of nitrogens with one attached hydrogen (secondary N) is 2. The van der Waals surface area contributed by atoms with Crippen molar-refractivity contribution in [3.63, 3.8) is 0 Å². The topological polar surface area (TPSA) is 130 Å². The number of anilines is 3. The van der Waals surface area contributed by atoms with Crippen LogP contribution in [0, 0.1) is 6.92 Å². The molecule has 1 aliphatic carbocycles. The summed E-state index contributed by atoms with van der Waals surface area (Å²) in [5.41, 5.74) is 5.13. The molecule has 11 nitrogen and oxygen atoms in total. The predicted octanol–water partition coefficient (Wildman–Crippen LogP) is 9.16. The number of nitrogens with zero attached hydrogens (tertiary/aromatic N) is 3. The van der Waals surface area contributed by atoms with Gasteiger partial charge in [-0.2, -0.15) is 0 Å². The number of rotatable bonds is 9. The number of amides is 4. The van der Waals surface area contributed by atoms with Crippen molar-refractivity contribution in [2.45, 2.75) is 73.0 Å². The number of fused-ring (bicyclic) bond motifs is 1. The lowest BCUT2D eigenvalue weighted by Gasteiger charge is -2.29. The Kier molecular flexibility index (Phi) is 11.1. The van der Waals surface area contributed by atoms with Crippen molar-refractivity contribution in [1.29, 1.82) is 0 Å². The highest BCUT2D eigenvalue weighted by atomic mass is 16.6. The highest BCUT2D eigenvalue weighted by Gasteiger charge is 2.35. The molecule has 1 heterocycles. The maximum Gasteiger partial charge on any atom is 0.414 e. The van der Waals surface area contributed by atoms with Crippen molar-refractivity contribution < 1.29 is 28.7 Å². The number of benzene rings is 3. The quantitative estimate of drug-likeness (QED) is 0.211. The molecule has 0 saturated heterocycles. The molecule has 2 N–H and O–H groups in total. The van der Waals surface area contributed by atoms with E-state index in [0.717, 1.165) is 16.8 Å². The predicted molar refractivity (Wildman–Crippen MR) is 208 cm³/mol. The third kappa shape index (κ3) is 9.48. The maximum atomic E-state index is 13.8. The van der Waals surface area contributed by atoms with Crippen LogP contribution >= 0.6 is 0 Å². The van der Waals surface area contributed by atoms with E-state index in [4.69, 9.17) is 14.5 Å². The van der Waals surface area contributed by atoms with Gasteiger partial charge in [0.1, 0.15) is 11.2 Å². The van der Waals surface area contributed by atoms with Gasteiger partial charge in [0, 0.05) is 24.5 Å². The highest BCUT2D eigenvalue weighted by molar-refractivity contribution is 6.21. The minimum atomic E-state index is -0.779. The second-order valence-electron chi connectivity index (χ2n) is 15.0. The van der Waals surface area contributed by atoms with Crippen LogP contribution in [0.1, 0.15) is 81.2 Å². The van der Waals surface area contributed by atoms with Gasteiger partial charge < -0.3 is 14.8 Å². The number of para-hydroxylation sites is 1. The molecule has 3 aromatic carbocycles. The normalized spacial score (nSPS) is 15.1. The van der Waals surface area contributed by atoms with Gasteiger partial charge in [0.05, 0.1) is 33.9 Å². The average molecular weight is 718 g/mol. The van der Waals surface area contributed by atoms with Crippen LogP contribution in [0.3, 0.4) is 0 Å². The summed E-state index contributed by atoms with van der Waals surface area (Å²) in [4.78, 5) is 60.2. The Hall–Kier alpha value is -5.97. The molecule has 0 spiro atoms. The van der Waals surface area contributed by atoms with Gasteiger partial charge in [0.2, 0.25) is 0 Å². The van der Waals surface area contributed by atoms with Gasteiger partial charge in [-0.1, -0.05) is 36.9 Å². The first kappa shape index (κ1) is 38.3. The molecule has 276 valence electrons. The van der Waals surface area contributed by atoms with Gasteiger partial charge in [-0.3, -0.25) is 24.7 Å². The van der Waals surface area contributed by atoms with Crippen LogP contribution in [0.25, 0.3) is 0 Å². The Balaban J connectivity index is 1.47. The first-order valence-electron chi connectivity index (χ1n) is 17.5. The Morgan fingerprint density at radius 1 is 0.849 bits per heavy atom. The van der Waals surface area contributed by atoms with Crippen molar-refractivity contribution in [3.05, 3.63) is 119 Å². The smallest absolute Gasteiger partial charge is 0.414 e. The summed E-state index contributed by atoms with van der Waals surface area (Å²) < 4.78 is 11.3. The lowest BCUT2D eigenvalue weighted by atomic mass is 9.99. The number of carbonyl (C=O) groups is 4. The molecule has 0 bridgehead atoms. The number of hydrogen-bond acceptors (Lipinski definition) is 8. The minimum Gasteiger partial charge on any atom is -0.444 e. The largest absolute Gasteiger partial charge is 0.444 e. The Labute approximate surface area is 311 Å². The van der Waals surface area contributed by atoms with Crippen LogP contribution in [0.2, 0.25) is 0 Å². The lowest BCUT2D eigenvalue weighted by Crippen LogP contribution is -2.39. The Morgan fingerprint density at radius 3 is 2.06 bits per heavy atom. The summed E-state index contributed by atoms with van der Waals surface area (Å²) in [5, 5.41) is 6.25. The van der Waals surface area contributed by atoms with E-state index in [2.05, 4.69) is 17.2 Å². The Bertz CT molecular complexity index is 2010. The molecular formula is C42H47N5O6. The van der Waals surface area contributed by atoms with Gasteiger partial charge in [-0.25, -0.2) is 14.6 Å². The number of carbonyl (C=O) groups excluding carboxylic acids is 4. The van der Waals surface area contributed by atoms with Gasteiger partial charge in [-0.05, 0) is 127 Å². The molecule has 11 heteroatoms. The van der Waals surface area contributed by atoms with Gasteiger partial charge >= 0.3 is 12.2 Å². The van der Waals surface area contributed by atoms with Crippen LogP contribution < -0.4 is 15.5 Å². The van der Waals surface area contributed by atoms with Crippen LogP contribution in [0.4, 0.5) is 32.3 Å². The molecule has 2 aliphatic rings. The number of hydrogen-bond donors (Lipinski definition) is 2. The van der Waals surface area contributed by atoms with E-state index < -0.39 is 23.4 Å². The maximum absolute atomic E-state index is 13.8. The molecule has 5 rings (SSSR count). The molecule has 0 aromatic heterocycles. The number of aryl methyl sites for hydroxylation is 1. The van der Waals surface area contributed by atoms with E-state index in [1.54, 1.807) is 71.9 Å². The molecule has 53 heavy (non-hydrogen) atoms. The van der Waals surface area contributed by atoms with Crippen LogP contribution in [-0.4, -0.2) is 58.9 Å². The summed E-state index contributed by atoms with van der Waals surface area (Å²) in [5.74, 6) is -0.695. The second kappa shape index (κ2) is 15.3. The van der Waals surface area contributed by atoms with Crippen molar-refractivity contribution in [3.8, 4) is 0 Å². The summed E-state index contributed by atoms with van der Waals surface area (Å²) >= 11 is 0. The zero-order valence-corrected chi connectivity index (χ0v) is 31.6. The van der Waals surface area contributed by atoms with Crippen molar-refractivity contribution >= 4 is 52.5 Å². The van der Waals surface area contributed by atoms with E-state index >= 15 is 0 Å². The number of allylic oxidation sites excluding steroid dienone is 4. The van der Waals surface area contributed by atoms with Gasteiger partial charge in [-0.15, -0.1) is 0 Å². The zero-order valence-electron chi connectivity index (χ0n) is 31.6. The summed E-state index contributed by atoms with van der Waals surface area (Å²) in [6.07, 6.45) is 2.77. The number of aliphatic imine (C=N–C) groups is 1. The van der Waals surface area contributed by atoms with E-state index in [0.29, 0.717) is 51.6 Å². The van der Waals surface area contributed by atoms with Crippen LogP contribution in [-0.2, 0) is 9.47 Å². The first-order chi connectivity index (χ1) is 24.9. The standard InChI is InChI=1S/C42H47N5O6/c1-26-23-33(45-39(50)52-41(4,5)6)27(2)22-32(26)44-34-24-28(3)36(25-35(34)43-29-16-11-10-12-17-29)46(40(51)53-42(7,8)9)20-15-21-47-37(48)30-18-13-14-19-31(30)38(47)49/h10-14,16-19,22-25,43H,1,15,20-21H2,2-9H3,(H,45,50)/b44-32-. The fourth-order valence-electron chi connectivity index (χ4n) is 5.82. The van der Waals surface area contributed by atoms with E-state index in [1.165, 1.54) is 9.80 Å². The van der Waals surface area contributed by atoms with Gasteiger partial charge in [0.15, 0.2) is 0 Å².